The average Bonchev–Trinajstić information content (AvgIpc) is 2.74. The Kier molecular flexibility index (Phi) is 2.03. The van der Waals surface area contributed by atoms with Crippen LogP contribution in [0, 0.1) is 11.8 Å². The molecule has 4 atom stereocenters. The molecule has 0 radical (unpaired) electrons. The molecule has 2 bridgehead atoms. The second-order valence-corrected chi connectivity index (χ2v) is 3.36. The van der Waals surface area contributed by atoms with E-state index in [2.05, 4.69) is 4.74 Å². The summed E-state index contributed by atoms with van der Waals surface area (Å²) < 4.78 is 9.84. The first-order chi connectivity index (χ1) is 6.65. The van der Waals surface area contributed by atoms with Gasteiger partial charge in [-0.1, -0.05) is 12.2 Å². The van der Waals surface area contributed by atoms with E-state index in [1.807, 2.05) is 0 Å². The van der Waals surface area contributed by atoms with E-state index in [1.54, 1.807) is 12.2 Å². The molecule has 2 aliphatic rings. The van der Waals surface area contributed by atoms with Gasteiger partial charge in [-0.05, 0) is 0 Å². The Labute approximate surface area is 80.3 Å². The predicted octanol–water partition coefficient (Wildman–Crippen LogP) is -0.186. The number of methoxy groups -OCH3 is 1. The lowest BCUT2D eigenvalue weighted by molar-refractivity contribution is -0.154. The van der Waals surface area contributed by atoms with Crippen LogP contribution >= 0.6 is 0 Å². The maximum atomic E-state index is 11.3. The maximum Gasteiger partial charge on any atom is 0.312 e. The highest BCUT2D eigenvalue weighted by atomic mass is 16.5. The van der Waals surface area contributed by atoms with Crippen LogP contribution < -0.4 is 0 Å². The number of carbonyl (C=O) groups is 2. The molecule has 5 heteroatoms. The van der Waals surface area contributed by atoms with Gasteiger partial charge in [0.05, 0.1) is 19.3 Å². The monoisotopic (exact) mass is 198 g/mol. The third kappa shape index (κ3) is 1.13. The standard InChI is InChI=1S/C9H10O5/c1-13-9(12)7-5-3-2-4(14-5)6(7)8(10)11/h2-7H,1H3,(H,10,11)/t4?,5?,6-,7+/m1/s1. The summed E-state index contributed by atoms with van der Waals surface area (Å²) in [5.74, 6) is -3.04. The maximum absolute atomic E-state index is 11.3. The zero-order valence-corrected chi connectivity index (χ0v) is 7.54. The molecule has 0 aromatic heterocycles. The molecule has 2 aliphatic heterocycles. The summed E-state index contributed by atoms with van der Waals surface area (Å²) in [6, 6.07) is 0. The van der Waals surface area contributed by atoms with Gasteiger partial charge in [-0.15, -0.1) is 0 Å². The first kappa shape index (κ1) is 9.21. The van der Waals surface area contributed by atoms with Crippen molar-refractivity contribution in [2.24, 2.45) is 11.8 Å². The van der Waals surface area contributed by atoms with E-state index in [0.29, 0.717) is 0 Å². The smallest absolute Gasteiger partial charge is 0.312 e. The highest BCUT2D eigenvalue weighted by molar-refractivity contribution is 5.83. The summed E-state index contributed by atoms with van der Waals surface area (Å²) in [6.07, 6.45) is 2.48. The molecule has 14 heavy (non-hydrogen) atoms. The summed E-state index contributed by atoms with van der Waals surface area (Å²) in [5.41, 5.74) is 0. The van der Waals surface area contributed by atoms with Gasteiger partial charge in [0.25, 0.3) is 0 Å². The van der Waals surface area contributed by atoms with Gasteiger partial charge in [0, 0.05) is 0 Å². The van der Waals surface area contributed by atoms with Crippen molar-refractivity contribution in [1.29, 1.82) is 0 Å². The summed E-state index contributed by atoms with van der Waals surface area (Å²) in [4.78, 5) is 22.2. The molecule has 76 valence electrons. The van der Waals surface area contributed by atoms with Crippen molar-refractivity contribution in [3.63, 3.8) is 0 Å². The van der Waals surface area contributed by atoms with Crippen LogP contribution in [-0.2, 0) is 19.1 Å². The normalized spacial score (nSPS) is 38.6. The number of carbonyl (C=O) groups excluding carboxylic acids is 1. The Hall–Kier alpha value is -1.36. The molecule has 2 unspecified atom stereocenters. The largest absolute Gasteiger partial charge is 0.481 e. The van der Waals surface area contributed by atoms with E-state index in [-0.39, 0.29) is 0 Å². The minimum absolute atomic E-state index is 0.437. The number of carboxylic acid groups (broad SMARTS) is 1. The van der Waals surface area contributed by atoms with Gasteiger partial charge in [-0.2, -0.15) is 0 Å². The van der Waals surface area contributed by atoms with Gasteiger partial charge in [-0.3, -0.25) is 9.59 Å². The minimum Gasteiger partial charge on any atom is -0.481 e. The molecule has 1 fully saturated rings. The molecular formula is C9H10O5. The average molecular weight is 198 g/mol. The molecule has 1 N–H and O–H groups in total. The van der Waals surface area contributed by atoms with Crippen LogP contribution in [0.1, 0.15) is 0 Å². The first-order valence-electron chi connectivity index (χ1n) is 4.29. The number of rotatable bonds is 2. The van der Waals surface area contributed by atoms with Crippen LogP contribution in [0.3, 0.4) is 0 Å². The highest BCUT2D eigenvalue weighted by Crippen LogP contribution is 2.39. The quantitative estimate of drug-likeness (QED) is 0.492. The zero-order chi connectivity index (χ0) is 10.3. The van der Waals surface area contributed by atoms with Crippen LogP contribution in [0.25, 0.3) is 0 Å². The van der Waals surface area contributed by atoms with Gasteiger partial charge in [0.1, 0.15) is 11.8 Å². The number of esters is 1. The molecular weight excluding hydrogens is 188 g/mol. The minimum atomic E-state index is -1.02. The topological polar surface area (TPSA) is 72.8 Å². The highest BCUT2D eigenvalue weighted by Gasteiger charge is 2.53. The lowest BCUT2D eigenvalue weighted by Crippen LogP contribution is -2.36. The third-order valence-corrected chi connectivity index (χ3v) is 2.66. The van der Waals surface area contributed by atoms with Crippen LogP contribution in [0.15, 0.2) is 12.2 Å². The molecule has 0 aliphatic carbocycles. The van der Waals surface area contributed by atoms with Gasteiger partial charge in [0.15, 0.2) is 0 Å². The van der Waals surface area contributed by atoms with Crippen LogP contribution in [0.4, 0.5) is 0 Å². The van der Waals surface area contributed by atoms with Crippen molar-refractivity contribution < 1.29 is 24.2 Å². The summed E-state index contributed by atoms with van der Waals surface area (Å²) in [7, 11) is 1.25. The Bertz CT molecular complexity index is 308. The van der Waals surface area contributed by atoms with E-state index in [0.717, 1.165) is 0 Å². The fraction of sp³-hybridized carbons (Fsp3) is 0.556. The number of hydrogen-bond acceptors (Lipinski definition) is 4. The van der Waals surface area contributed by atoms with E-state index in [9.17, 15) is 9.59 Å². The van der Waals surface area contributed by atoms with Crippen LogP contribution in [0.2, 0.25) is 0 Å². The van der Waals surface area contributed by atoms with Gasteiger partial charge in [0.2, 0.25) is 0 Å². The van der Waals surface area contributed by atoms with Crippen molar-refractivity contribution in [2.75, 3.05) is 7.11 Å². The molecule has 0 aromatic rings. The van der Waals surface area contributed by atoms with Crippen LogP contribution in [0.5, 0.6) is 0 Å². The molecule has 0 aromatic carbocycles. The van der Waals surface area contributed by atoms with E-state index in [1.165, 1.54) is 7.11 Å². The van der Waals surface area contributed by atoms with Crippen molar-refractivity contribution in [1.82, 2.24) is 0 Å². The first-order valence-corrected chi connectivity index (χ1v) is 4.29. The number of ether oxygens (including phenoxy) is 2. The fourth-order valence-corrected chi connectivity index (χ4v) is 2.02. The third-order valence-electron chi connectivity index (χ3n) is 2.66. The Morgan fingerprint density at radius 3 is 2.36 bits per heavy atom. The number of carboxylic acids is 1. The van der Waals surface area contributed by atoms with Gasteiger partial charge >= 0.3 is 11.9 Å². The lowest BCUT2D eigenvalue weighted by atomic mass is 9.83. The predicted molar refractivity (Wildman–Crippen MR) is 44.4 cm³/mol. The molecule has 2 rings (SSSR count). The van der Waals surface area contributed by atoms with Gasteiger partial charge < -0.3 is 14.6 Å². The van der Waals surface area contributed by atoms with E-state index >= 15 is 0 Å². The molecule has 0 amide bonds. The van der Waals surface area contributed by atoms with Crippen molar-refractivity contribution in [3.05, 3.63) is 12.2 Å². The fourth-order valence-electron chi connectivity index (χ4n) is 2.02. The molecule has 0 saturated carbocycles. The SMILES string of the molecule is COC(=O)[C@H]1C2C=CC(O2)[C@H]1C(=O)O. The Morgan fingerprint density at radius 2 is 1.86 bits per heavy atom. The van der Waals surface area contributed by atoms with Crippen LogP contribution in [-0.4, -0.2) is 36.4 Å². The second-order valence-electron chi connectivity index (χ2n) is 3.36. The van der Waals surface area contributed by atoms with Crippen molar-refractivity contribution >= 4 is 11.9 Å². The van der Waals surface area contributed by atoms with E-state index < -0.39 is 36.0 Å². The molecule has 2 heterocycles. The summed E-state index contributed by atoms with van der Waals surface area (Å²) in [6.45, 7) is 0. The van der Waals surface area contributed by atoms with E-state index in [4.69, 9.17) is 9.84 Å². The molecule has 0 spiro atoms. The summed E-state index contributed by atoms with van der Waals surface area (Å²) in [5, 5.41) is 8.93. The Balaban J connectivity index is 2.26. The summed E-state index contributed by atoms with van der Waals surface area (Å²) >= 11 is 0. The number of hydrogen-bond donors (Lipinski definition) is 1. The Morgan fingerprint density at radius 1 is 1.29 bits per heavy atom. The van der Waals surface area contributed by atoms with Crippen molar-refractivity contribution in [3.8, 4) is 0 Å². The number of aliphatic carboxylic acids is 1. The zero-order valence-electron chi connectivity index (χ0n) is 7.54. The molecule has 5 nitrogen and oxygen atoms in total. The van der Waals surface area contributed by atoms with Crippen molar-refractivity contribution in [2.45, 2.75) is 12.2 Å². The lowest BCUT2D eigenvalue weighted by Gasteiger charge is -2.18. The second kappa shape index (κ2) is 3.09. The number of fused-ring (bicyclic) bond motifs is 2. The van der Waals surface area contributed by atoms with Gasteiger partial charge in [-0.25, -0.2) is 0 Å². The molecule has 1 saturated heterocycles.